The van der Waals surface area contributed by atoms with Crippen molar-refractivity contribution in [3.05, 3.63) is 35.9 Å². The van der Waals surface area contributed by atoms with Crippen LogP contribution in [-0.2, 0) is 23.9 Å². The van der Waals surface area contributed by atoms with Gasteiger partial charge in [0.15, 0.2) is 0 Å². The second kappa shape index (κ2) is 10.3. The van der Waals surface area contributed by atoms with Crippen molar-refractivity contribution in [2.45, 2.75) is 68.1 Å². The monoisotopic (exact) mass is 536 g/mol. The molecule has 0 saturated carbocycles. The molecule has 3 aliphatic heterocycles. The molecule has 1 spiro atoms. The summed E-state index contributed by atoms with van der Waals surface area (Å²) in [6.07, 6.45) is 2.71. The molecule has 4 rings (SSSR count). The van der Waals surface area contributed by atoms with Crippen LogP contribution in [0.3, 0.4) is 0 Å². The normalized spacial score (nSPS) is 32.5. The number of amides is 2. The average molecular weight is 537 g/mol. The molecular formula is C25H33BrN2O6. The number of hydrogen-bond donors (Lipinski definition) is 2. The maximum Gasteiger partial charge on any atom is 0.312 e. The number of rotatable bonds is 10. The lowest BCUT2D eigenvalue weighted by Crippen LogP contribution is -2.56. The van der Waals surface area contributed by atoms with Crippen LogP contribution in [-0.4, -0.2) is 70.1 Å². The summed E-state index contributed by atoms with van der Waals surface area (Å²) in [6.45, 7) is 4.13. The van der Waals surface area contributed by atoms with Gasteiger partial charge in [0.25, 0.3) is 0 Å². The van der Waals surface area contributed by atoms with Crippen LogP contribution in [0.5, 0.6) is 0 Å². The molecule has 1 aromatic carbocycles. The first-order valence-corrected chi connectivity index (χ1v) is 13.1. The van der Waals surface area contributed by atoms with E-state index in [2.05, 4.69) is 28.2 Å². The second-order valence-corrected chi connectivity index (χ2v) is 10.4. The first-order chi connectivity index (χ1) is 16.4. The van der Waals surface area contributed by atoms with E-state index in [1.165, 1.54) is 4.90 Å². The molecule has 8 nitrogen and oxygen atoms in total. The van der Waals surface area contributed by atoms with E-state index >= 15 is 0 Å². The lowest BCUT2D eigenvalue weighted by atomic mass is 9.70. The van der Waals surface area contributed by atoms with Crippen LogP contribution >= 0.6 is 15.9 Å². The molecule has 3 saturated heterocycles. The lowest BCUT2D eigenvalue weighted by Gasteiger charge is -2.37. The molecule has 1 unspecified atom stereocenters. The van der Waals surface area contributed by atoms with Gasteiger partial charge in [0.2, 0.25) is 11.8 Å². The van der Waals surface area contributed by atoms with E-state index in [4.69, 9.17) is 9.47 Å². The van der Waals surface area contributed by atoms with Crippen molar-refractivity contribution in [2.75, 3.05) is 19.8 Å². The Labute approximate surface area is 208 Å². The van der Waals surface area contributed by atoms with Crippen LogP contribution in [0.15, 0.2) is 30.3 Å². The van der Waals surface area contributed by atoms with E-state index in [-0.39, 0.29) is 29.9 Å². The SMILES string of the molecule is CCCCCNC(=O)[C@@H]1N([C@H](CO)c2ccccc2)C(=O)[C@H]2[C@H](C(=O)OCC)[C@H]3O[C@@]12CC3Br. The topological polar surface area (TPSA) is 105 Å². The minimum absolute atomic E-state index is 0.189. The van der Waals surface area contributed by atoms with E-state index in [1.807, 2.05) is 30.3 Å². The number of aliphatic hydroxyl groups is 1. The third-order valence-electron chi connectivity index (χ3n) is 7.31. The minimum atomic E-state index is -1.16. The van der Waals surface area contributed by atoms with Crippen LogP contribution in [0.1, 0.15) is 51.1 Å². The van der Waals surface area contributed by atoms with Crippen molar-refractivity contribution >= 4 is 33.7 Å². The van der Waals surface area contributed by atoms with Crippen molar-refractivity contribution in [3.63, 3.8) is 0 Å². The van der Waals surface area contributed by atoms with Gasteiger partial charge in [0, 0.05) is 11.4 Å². The molecule has 3 heterocycles. The Balaban J connectivity index is 1.75. The van der Waals surface area contributed by atoms with E-state index in [0.29, 0.717) is 13.0 Å². The summed E-state index contributed by atoms with van der Waals surface area (Å²) in [5.41, 5.74) is -0.444. The van der Waals surface area contributed by atoms with Crippen molar-refractivity contribution in [1.29, 1.82) is 0 Å². The molecule has 2 N–H and O–H groups in total. The standard InChI is InChI=1S/C25H33BrN2O6/c1-3-5-9-12-27-22(30)21-25-13-16(26)20(34-25)18(24(32)33-4-2)19(25)23(31)28(21)17(14-29)15-10-7-6-8-11-15/h6-8,10-11,16-21,29H,3-5,9,12-14H2,1-2H3,(H,27,30)/t16?,17-,18+,19-,20+,21+,25-/m1/s1. The molecular weight excluding hydrogens is 504 g/mol. The van der Waals surface area contributed by atoms with Gasteiger partial charge in [-0.1, -0.05) is 66.0 Å². The van der Waals surface area contributed by atoms with Gasteiger partial charge in [-0.15, -0.1) is 0 Å². The number of likely N-dealkylation sites (tertiary alicyclic amines) is 1. The van der Waals surface area contributed by atoms with E-state index in [1.54, 1.807) is 6.92 Å². The number of aliphatic hydroxyl groups excluding tert-OH is 1. The highest BCUT2D eigenvalue weighted by molar-refractivity contribution is 9.09. The molecule has 7 atom stereocenters. The summed E-state index contributed by atoms with van der Waals surface area (Å²) >= 11 is 3.63. The van der Waals surface area contributed by atoms with Gasteiger partial charge < -0.3 is 24.8 Å². The number of hydrogen-bond acceptors (Lipinski definition) is 6. The first kappa shape index (κ1) is 25.1. The van der Waals surface area contributed by atoms with Gasteiger partial charge >= 0.3 is 5.97 Å². The Kier molecular flexibility index (Phi) is 7.64. The third-order valence-corrected chi connectivity index (χ3v) is 8.15. The zero-order valence-corrected chi connectivity index (χ0v) is 21.2. The van der Waals surface area contributed by atoms with Crippen LogP contribution in [0.2, 0.25) is 0 Å². The van der Waals surface area contributed by atoms with Crippen molar-refractivity contribution < 1.29 is 29.0 Å². The number of fused-ring (bicyclic) bond motifs is 1. The van der Waals surface area contributed by atoms with Crippen LogP contribution in [0.25, 0.3) is 0 Å². The minimum Gasteiger partial charge on any atom is -0.466 e. The summed E-state index contributed by atoms with van der Waals surface area (Å²) in [5.74, 6) is -2.79. The van der Waals surface area contributed by atoms with Crippen LogP contribution < -0.4 is 5.32 Å². The molecule has 2 bridgehead atoms. The quantitative estimate of drug-likeness (QED) is 0.270. The van der Waals surface area contributed by atoms with Crippen molar-refractivity contribution in [2.24, 2.45) is 11.8 Å². The van der Waals surface area contributed by atoms with Gasteiger partial charge in [-0.05, 0) is 25.3 Å². The first-order valence-electron chi connectivity index (χ1n) is 12.1. The Morgan fingerprint density at radius 2 is 2.03 bits per heavy atom. The fourth-order valence-corrected chi connectivity index (χ4v) is 6.87. The number of alkyl halides is 1. The maximum absolute atomic E-state index is 14.0. The highest BCUT2D eigenvalue weighted by atomic mass is 79.9. The van der Waals surface area contributed by atoms with E-state index in [9.17, 15) is 19.5 Å². The predicted molar refractivity (Wildman–Crippen MR) is 128 cm³/mol. The molecule has 2 amide bonds. The Hall–Kier alpha value is -1.97. The molecule has 0 aromatic heterocycles. The van der Waals surface area contributed by atoms with Gasteiger partial charge in [0.1, 0.15) is 11.6 Å². The Morgan fingerprint density at radius 1 is 1.29 bits per heavy atom. The molecule has 9 heteroatoms. The number of carbonyl (C=O) groups is 3. The van der Waals surface area contributed by atoms with Gasteiger partial charge in [-0.3, -0.25) is 14.4 Å². The molecule has 34 heavy (non-hydrogen) atoms. The van der Waals surface area contributed by atoms with E-state index < -0.39 is 41.6 Å². The third kappa shape index (κ3) is 4.05. The summed E-state index contributed by atoms with van der Waals surface area (Å²) in [5, 5.41) is 13.4. The number of ether oxygens (including phenoxy) is 2. The molecule has 1 aromatic rings. The zero-order chi connectivity index (χ0) is 24.5. The second-order valence-electron chi connectivity index (χ2n) is 9.27. The number of esters is 1. The summed E-state index contributed by atoms with van der Waals surface area (Å²) < 4.78 is 11.7. The molecule has 0 radical (unpaired) electrons. The van der Waals surface area contributed by atoms with Gasteiger partial charge in [-0.2, -0.15) is 0 Å². The van der Waals surface area contributed by atoms with Gasteiger partial charge in [0.05, 0.1) is 37.2 Å². The maximum atomic E-state index is 14.0. The fraction of sp³-hybridized carbons (Fsp3) is 0.640. The lowest BCUT2D eigenvalue weighted by molar-refractivity contribution is -0.155. The summed E-state index contributed by atoms with van der Waals surface area (Å²) in [6, 6.07) is 7.46. The van der Waals surface area contributed by atoms with Crippen molar-refractivity contribution in [1.82, 2.24) is 10.2 Å². The highest BCUT2D eigenvalue weighted by Crippen LogP contribution is 2.61. The average Bonchev–Trinajstić information content (AvgIpc) is 3.42. The fourth-order valence-electron chi connectivity index (χ4n) is 5.92. The van der Waals surface area contributed by atoms with Crippen LogP contribution in [0, 0.1) is 11.8 Å². The number of halogens is 1. The smallest absolute Gasteiger partial charge is 0.312 e. The summed E-state index contributed by atoms with van der Waals surface area (Å²) in [7, 11) is 0. The number of nitrogens with one attached hydrogen (secondary N) is 1. The number of benzene rings is 1. The molecule has 3 aliphatic rings. The summed E-state index contributed by atoms with van der Waals surface area (Å²) in [4.78, 5) is 41.9. The van der Waals surface area contributed by atoms with E-state index in [0.717, 1.165) is 24.8 Å². The Bertz CT molecular complexity index is 914. The Morgan fingerprint density at radius 3 is 2.68 bits per heavy atom. The molecule has 186 valence electrons. The molecule has 3 fully saturated rings. The number of unbranched alkanes of at least 4 members (excludes halogenated alkanes) is 2. The predicted octanol–water partition coefficient (Wildman–Crippen LogP) is 2.34. The number of carbonyl (C=O) groups excluding carboxylic acids is 3. The zero-order valence-electron chi connectivity index (χ0n) is 19.6. The molecule has 0 aliphatic carbocycles. The number of nitrogens with zero attached hydrogens (tertiary/aromatic N) is 1. The van der Waals surface area contributed by atoms with Crippen LogP contribution in [0.4, 0.5) is 0 Å². The highest BCUT2D eigenvalue weighted by Gasteiger charge is 2.77. The van der Waals surface area contributed by atoms with Gasteiger partial charge in [-0.25, -0.2) is 0 Å². The largest absolute Gasteiger partial charge is 0.466 e. The van der Waals surface area contributed by atoms with Crippen molar-refractivity contribution in [3.8, 4) is 0 Å².